The van der Waals surface area contributed by atoms with Crippen molar-refractivity contribution >= 4 is 22.1 Å². The van der Waals surface area contributed by atoms with E-state index >= 15 is 0 Å². The van der Waals surface area contributed by atoms with Crippen molar-refractivity contribution in [2.75, 3.05) is 28.4 Å². The first-order chi connectivity index (χ1) is 16.6. The second-order valence-electron chi connectivity index (χ2n) is 7.58. The van der Waals surface area contributed by atoms with E-state index in [0.717, 1.165) is 28.1 Å². The molecule has 8 nitrogen and oxygen atoms in total. The standard InChI is InChI=1S/C26H23N3O5/c1-14-16-10-11-18(17-8-6-7-9-19(17)30-2)28-22(16)23-26(27-14)34-25(29-23)15-12-20(31-3)24(33-5)21(13-15)32-4/h6-13H,1-5H3. The number of ether oxygens (including phenoxy) is 4. The predicted octanol–water partition coefficient (Wildman–Crippen LogP) is 5.45. The lowest BCUT2D eigenvalue weighted by Crippen LogP contribution is -1.95. The van der Waals surface area contributed by atoms with Crippen molar-refractivity contribution in [1.29, 1.82) is 0 Å². The van der Waals surface area contributed by atoms with Gasteiger partial charge in [0, 0.05) is 16.5 Å². The van der Waals surface area contributed by atoms with Gasteiger partial charge in [0.1, 0.15) is 11.3 Å². The predicted molar refractivity (Wildman–Crippen MR) is 129 cm³/mol. The molecule has 0 unspecified atom stereocenters. The van der Waals surface area contributed by atoms with E-state index in [1.165, 1.54) is 0 Å². The van der Waals surface area contributed by atoms with Gasteiger partial charge in [-0.05, 0) is 43.3 Å². The molecule has 0 aliphatic rings. The Balaban J connectivity index is 1.73. The monoisotopic (exact) mass is 457 g/mol. The normalized spacial score (nSPS) is 11.1. The van der Waals surface area contributed by atoms with Gasteiger partial charge in [-0.1, -0.05) is 12.1 Å². The van der Waals surface area contributed by atoms with E-state index in [9.17, 15) is 0 Å². The van der Waals surface area contributed by atoms with Gasteiger partial charge >= 0.3 is 0 Å². The lowest BCUT2D eigenvalue weighted by molar-refractivity contribution is 0.324. The van der Waals surface area contributed by atoms with Crippen molar-refractivity contribution in [3.05, 3.63) is 54.2 Å². The molecule has 0 saturated heterocycles. The highest BCUT2D eigenvalue weighted by molar-refractivity contribution is 6.01. The summed E-state index contributed by atoms with van der Waals surface area (Å²) in [5.41, 5.74) is 4.80. The van der Waals surface area contributed by atoms with Crippen molar-refractivity contribution in [1.82, 2.24) is 15.0 Å². The number of hydrogen-bond acceptors (Lipinski definition) is 8. The molecule has 8 heteroatoms. The number of hydrogen-bond donors (Lipinski definition) is 0. The largest absolute Gasteiger partial charge is 0.496 e. The van der Waals surface area contributed by atoms with Gasteiger partial charge in [0.25, 0.3) is 0 Å². The summed E-state index contributed by atoms with van der Waals surface area (Å²) in [6, 6.07) is 15.3. The SMILES string of the molecule is COc1ccccc1-c1ccc2c(C)nc3oc(-c4cc(OC)c(OC)c(OC)c4)nc3c2n1. The molecule has 0 fully saturated rings. The Hall–Kier alpha value is -4.33. The van der Waals surface area contributed by atoms with Gasteiger partial charge in [0.2, 0.25) is 17.4 Å². The first kappa shape index (κ1) is 21.5. The third kappa shape index (κ3) is 3.44. The maximum absolute atomic E-state index is 6.07. The summed E-state index contributed by atoms with van der Waals surface area (Å²) in [7, 11) is 6.33. The lowest BCUT2D eigenvalue weighted by atomic mass is 10.1. The molecule has 172 valence electrons. The van der Waals surface area contributed by atoms with Gasteiger partial charge < -0.3 is 23.4 Å². The average Bonchev–Trinajstić information content (AvgIpc) is 3.31. The Kier molecular flexibility index (Phi) is 5.41. The number of rotatable bonds is 6. The zero-order chi connectivity index (χ0) is 23.8. The number of methoxy groups -OCH3 is 4. The van der Waals surface area contributed by atoms with Crippen LogP contribution >= 0.6 is 0 Å². The van der Waals surface area contributed by atoms with Crippen LogP contribution in [0.5, 0.6) is 23.0 Å². The highest BCUT2D eigenvalue weighted by atomic mass is 16.5. The number of aromatic nitrogens is 3. The molecule has 0 spiro atoms. The van der Waals surface area contributed by atoms with Crippen LogP contribution in [0.15, 0.2) is 52.9 Å². The van der Waals surface area contributed by atoms with Gasteiger partial charge in [0.05, 0.1) is 39.8 Å². The first-order valence-electron chi connectivity index (χ1n) is 10.6. The molecule has 0 atom stereocenters. The molecular weight excluding hydrogens is 434 g/mol. The van der Waals surface area contributed by atoms with E-state index < -0.39 is 0 Å². The number of benzene rings is 2. The van der Waals surface area contributed by atoms with Crippen LogP contribution in [0, 0.1) is 6.92 Å². The molecule has 5 aromatic rings. The second kappa shape index (κ2) is 8.55. The van der Waals surface area contributed by atoms with Crippen molar-refractivity contribution in [2.45, 2.75) is 6.92 Å². The minimum Gasteiger partial charge on any atom is -0.496 e. The highest BCUT2D eigenvalue weighted by Gasteiger charge is 2.20. The van der Waals surface area contributed by atoms with Crippen LogP contribution in [0.3, 0.4) is 0 Å². The summed E-state index contributed by atoms with van der Waals surface area (Å²) in [6.45, 7) is 1.92. The van der Waals surface area contributed by atoms with Crippen LogP contribution in [-0.2, 0) is 0 Å². The third-order valence-corrected chi connectivity index (χ3v) is 5.68. The minimum atomic E-state index is 0.373. The molecule has 0 bridgehead atoms. The zero-order valence-electron chi connectivity index (χ0n) is 19.5. The molecule has 3 heterocycles. The molecular formula is C26H23N3O5. The summed E-state index contributed by atoms with van der Waals surface area (Å²) in [4.78, 5) is 14.3. The Bertz CT molecular complexity index is 1500. The lowest BCUT2D eigenvalue weighted by Gasteiger charge is -2.12. The number of fused-ring (bicyclic) bond motifs is 3. The van der Waals surface area contributed by atoms with E-state index in [1.807, 2.05) is 43.3 Å². The fourth-order valence-electron chi connectivity index (χ4n) is 4.02. The van der Waals surface area contributed by atoms with E-state index in [1.54, 1.807) is 40.6 Å². The number of nitrogens with zero attached hydrogens (tertiary/aromatic N) is 3. The quantitative estimate of drug-likeness (QED) is 0.333. The van der Waals surface area contributed by atoms with Gasteiger partial charge in [0.15, 0.2) is 17.0 Å². The Morgan fingerprint density at radius 2 is 1.41 bits per heavy atom. The summed E-state index contributed by atoms with van der Waals surface area (Å²) in [5.74, 6) is 2.62. The van der Waals surface area contributed by atoms with Crippen LogP contribution in [0.25, 0.3) is 44.8 Å². The summed E-state index contributed by atoms with van der Waals surface area (Å²) < 4.78 is 28.0. The number of oxazole rings is 1. The molecule has 0 N–H and O–H groups in total. The Morgan fingerprint density at radius 1 is 0.706 bits per heavy atom. The molecule has 2 aromatic carbocycles. The van der Waals surface area contributed by atoms with Crippen LogP contribution in [-0.4, -0.2) is 43.4 Å². The molecule has 0 aliphatic carbocycles. The summed E-state index contributed by atoms with van der Waals surface area (Å²) >= 11 is 0. The van der Waals surface area contributed by atoms with Crippen LogP contribution in [0.2, 0.25) is 0 Å². The van der Waals surface area contributed by atoms with Crippen LogP contribution < -0.4 is 18.9 Å². The second-order valence-corrected chi connectivity index (χ2v) is 7.58. The Morgan fingerprint density at radius 3 is 2.09 bits per heavy atom. The third-order valence-electron chi connectivity index (χ3n) is 5.68. The fraction of sp³-hybridized carbons (Fsp3) is 0.192. The van der Waals surface area contributed by atoms with E-state index in [2.05, 4.69) is 4.98 Å². The highest BCUT2D eigenvalue weighted by Crippen LogP contribution is 2.42. The molecule has 5 rings (SSSR count). The van der Waals surface area contributed by atoms with Crippen molar-refractivity contribution in [3.8, 4) is 45.7 Å². The van der Waals surface area contributed by atoms with Crippen molar-refractivity contribution in [3.63, 3.8) is 0 Å². The molecule has 3 aromatic heterocycles. The van der Waals surface area contributed by atoms with E-state index in [-0.39, 0.29) is 0 Å². The maximum Gasteiger partial charge on any atom is 0.249 e. The molecule has 34 heavy (non-hydrogen) atoms. The topological polar surface area (TPSA) is 88.7 Å². The minimum absolute atomic E-state index is 0.373. The maximum atomic E-state index is 6.07. The summed E-state index contributed by atoms with van der Waals surface area (Å²) in [5, 5.41) is 0.899. The summed E-state index contributed by atoms with van der Waals surface area (Å²) in [6.07, 6.45) is 0. The molecule has 0 radical (unpaired) electrons. The van der Waals surface area contributed by atoms with Crippen LogP contribution in [0.1, 0.15) is 5.69 Å². The zero-order valence-corrected chi connectivity index (χ0v) is 19.5. The smallest absolute Gasteiger partial charge is 0.249 e. The number of para-hydroxylation sites is 1. The van der Waals surface area contributed by atoms with E-state index in [0.29, 0.717) is 45.4 Å². The molecule has 0 aliphatic heterocycles. The average molecular weight is 457 g/mol. The van der Waals surface area contributed by atoms with E-state index in [4.69, 9.17) is 33.3 Å². The molecule has 0 amide bonds. The molecule has 0 saturated carbocycles. The van der Waals surface area contributed by atoms with Gasteiger partial charge in [-0.15, -0.1) is 0 Å². The fourth-order valence-corrected chi connectivity index (χ4v) is 4.02. The number of aryl methyl sites for hydroxylation is 1. The van der Waals surface area contributed by atoms with Gasteiger partial charge in [-0.2, -0.15) is 0 Å². The van der Waals surface area contributed by atoms with Crippen molar-refractivity contribution < 1.29 is 23.4 Å². The van der Waals surface area contributed by atoms with Gasteiger partial charge in [-0.25, -0.2) is 15.0 Å². The van der Waals surface area contributed by atoms with Gasteiger partial charge in [-0.3, -0.25) is 0 Å². The first-order valence-corrected chi connectivity index (χ1v) is 10.6. The Labute approximate surface area is 196 Å². The van der Waals surface area contributed by atoms with Crippen molar-refractivity contribution in [2.24, 2.45) is 0 Å². The number of pyridine rings is 2. The van der Waals surface area contributed by atoms with Crippen LogP contribution in [0.4, 0.5) is 0 Å².